The molecule has 0 saturated heterocycles. The monoisotopic (exact) mass is 352 g/mol. The van der Waals surface area contributed by atoms with E-state index in [9.17, 15) is 14.7 Å². The third-order valence-corrected chi connectivity index (χ3v) is 5.08. The van der Waals surface area contributed by atoms with Gasteiger partial charge in [-0.05, 0) is 42.0 Å². The Morgan fingerprint density at radius 3 is 2.31 bits per heavy atom. The molecule has 0 heterocycles. The Hall–Kier alpha value is -2.82. The predicted octanol–water partition coefficient (Wildman–Crippen LogP) is 3.70. The standard InChI is InChI=1S/C21H24N2O3/c22-18-13-16(14-7-3-1-4-8-14)11-12-17(18)20(24)23-19(21(25)26)15-9-5-2-6-10-15/h1,3-4,7-8,11-13,15,19H,2,5-6,9-10,22H2,(H,23,24)(H,25,26). The summed E-state index contributed by atoms with van der Waals surface area (Å²) in [5, 5.41) is 12.2. The lowest BCUT2D eigenvalue weighted by Crippen LogP contribution is -2.46. The maximum Gasteiger partial charge on any atom is 0.326 e. The summed E-state index contributed by atoms with van der Waals surface area (Å²) < 4.78 is 0. The van der Waals surface area contributed by atoms with Crippen LogP contribution in [0.3, 0.4) is 0 Å². The number of hydrogen-bond acceptors (Lipinski definition) is 3. The van der Waals surface area contributed by atoms with E-state index in [0.29, 0.717) is 11.3 Å². The van der Waals surface area contributed by atoms with Crippen LogP contribution in [-0.4, -0.2) is 23.0 Å². The summed E-state index contributed by atoms with van der Waals surface area (Å²) in [5.74, 6) is -1.43. The smallest absolute Gasteiger partial charge is 0.326 e. The highest BCUT2D eigenvalue weighted by molar-refractivity contribution is 6.01. The molecule has 5 heteroatoms. The average molecular weight is 352 g/mol. The Morgan fingerprint density at radius 2 is 1.69 bits per heavy atom. The predicted molar refractivity (Wildman–Crippen MR) is 102 cm³/mol. The van der Waals surface area contributed by atoms with Gasteiger partial charge in [-0.2, -0.15) is 0 Å². The van der Waals surface area contributed by atoms with Crippen LogP contribution >= 0.6 is 0 Å². The second-order valence-corrected chi connectivity index (χ2v) is 6.86. The lowest BCUT2D eigenvalue weighted by atomic mass is 9.83. The molecule has 1 amide bonds. The lowest BCUT2D eigenvalue weighted by molar-refractivity contribution is -0.141. The molecule has 1 aliphatic rings. The molecule has 1 aliphatic carbocycles. The van der Waals surface area contributed by atoms with E-state index < -0.39 is 17.9 Å². The Bertz CT molecular complexity index is 783. The van der Waals surface area contributed by atoms with Crippen LogP contribution in [0.1, 0.15) is 42.5 Å². The minimum Gasteiger partial charge on any atom is -0.480 e. The van der Waals surface area contributed by atoms with Crippen LogP contribution in [0.5, 0.6) is 0 Å². The largest absolute Gasteiger partial charge is 0.480 e. The van der Waals surface area contributed by atoms with Crippen molar-refractivity contribution in [2.45, 2.75) is 38.1 Å². The maximum absolute atomic E-state index is 12.6. The van der Waals surface area contributed by atoms with E-state index in [1.807, 2.05) is 36.4 Å². The van der Waals surface area contributed by atoms with Crippen molar-refractivity contribution in [3.05, 3.63) is 54.1 Å². The Kier molecular flexibility index (Phi) is 5.56. The molecule has 0 bridgehead atoms. The summed E-state index contributed by atoms with van der Waals surface area (Å²) in [5.41, 5.74) is 8.67. The number of nitrogens with one attached hydrogen (secondary N) is 1. The van der Waals surface area contributed by atoms with Gasteiger partial charge in [0.2, 0.25) is 0 Å². The minimum absolute atomic E-state index is 0.0185. The Balaban J connectivity index is 1.77. The number of carboxylic acids is 1. The van der Waals surface area contributed by atoms with Crippen molar-refractivity contribution >= 4 is 17.6 Å². The SMILES string of the molecule is Nc1cc(-c2ccccc2)ccc1C(=O)NC(C(=O)O)C1CCCCC1. The van der Waals surface area contributed by atoms with E-state index in [0.717, 1.165) is 43.2 Å². The van der Waals surface area contributed by atoms with Gasteiger partial charge in [0.15, 0.2) is 0 Å². The van der Waals surface area contributed by atoms with Gasteiger partial charge in [-0.3, -0.25) is 4.79 Å². The zero-order chi connectivity index (χ0) is 18.5. The fraction of sp³-hybridized carbons (Fsp3) is 0.333. The summed E-state index contributed by atoms with van der Waals surface area (Å²) in [7, 11) is 0. The number of aliphatic carboxylic acids is 1. The zero-order valence-electron chi connectivity index (χ0n) is 14.7. The Morgan fingerprint density at radius 1 is 1.00 bits per heavy atom. The lowest BCUT2D eigenvalue weighted by Gasteiger charge is -2.28. The molecule has 4 N–H and O–H groups in total. The van der Waals surface area contributed by atoms with Crippen molar-refractivity contribution < 1.29 is 14.7 Å². The Labute approximate surface area is 153 Å². The first-order chi connectivity index (χ1) is 12.6. The number of benzene rings is 2. The summed E-state index contributed by atoms with van der Waals surface area (Å²) in [4.78, 5) is 24.3. The molecule has 0 radical (unpaired) electrons. The van der Waals surface area contributed by atoms with Gasteiger partial charge in [0.05, 0.1) is 5.56 Å². The van der Waals surface area contributed by atoms with Gasteiger partial charge in [0.25, 0.3) is 5.91 Å². The maximum atomic E-state index is 12.6. The van der Waals surface area contributed by atoms with Crippen LogP contribution in [-0.2, 0) is 4.79 Å². The number of carbonyl (C=O) groups is 2. The number of anilines is 1. The molecule has 2 aromatic carbocycles. The summed E-state index contributed by atoms with van der Waals surface area (Å²) in [6.07, 6.45) is 4.82. The highest BCUT2D eigenvalue weighted by atomic mass is 16.4. The number of hydrogen-bond donors (Lipinski definition) is 3. The molecule has 0 aromatic heterocycles. The first-order valence-corrected chi connectivity index (χ1v) is 9.05. The molecule has 3 rings (SSSR count). The first-order valence-electron chi connectivity index (χ1n) is 9.05. The topological polar surface area (TPSA) is 92.4 Å². The van der Waals surface area contributed by atoms with Crippen molar-refractivity contribution in [3.8, 4) is 11.1 Å². The number of carboxylic acid groups (broad SMARTS) is 1. The highest BCUT2D eigenvalue weighted by Crippen LogP contribution is 2.28. The van der Waals surface area contributed by atoms with Crippen molar-refractivity contribution in [3.63, 3.8) is 0 Å². The molecule has 1 atom stereocenters. The quantitative estimate of drug-likeness (QED) is 0.715. The van der Waals surface area contributed by atoms with Crippen molar-refractivity contribution in [2.75, 3.05) is 5.73 Å². The normalized spacial score (nSPS) is 16.0. The van der Waals surface area contributed by atoms with E-state index in [-0.39, 0.29) is 5.92 Å². The summed E-state index contributed by atoms with van der Waals surface area (Å²) >= 11 is 0. The summed E-state index contributed by atoms with van der Waals surface area (Å²) in [6, 6.07) is 14.1. The molecule has 0 spiro atoms. The summed E-state index contributed by atoms with van der Waals surface area (Å²) in [6.45, 7) is 0. The zero-order valence-corrected chi connectivity index (χ0v) is 14.7. The second kappa shape index (κ2) is 8.04. The van der Waals surface area contributed by atoms with Crippen molar-refractivity contribution in [2.24, 2.45) is 5.92 Å². The van der Waals surface area contributed by atoms with Crippen molar-refractivity contribution in [1.29, 1.82) is 0 Å². The van der Waals surface area contributed by atoms with Gasteiger partial charge in [0.1, 0.15) is 6.04 Å². The molecule has 0 aliphatic heterocycles. The fourth-order valence-electron chi connectivity index (χ4n) is 3.65. The van der Waals surface area contributed by atoms with E-state index in [4.69, 9.17) is 5.73 Å². The average Bonchev–Trinajstić information content (AvgIpc) is 2.67. The van der Waals surface area contributed by atoms with Gasteiger partial charge < -0.3 is 16.2 Å². The van der Waals surface area contributed by atoms with E-state index in [2.05, 4.69) is 5.32 Å². The van der Waals surface area contributed by atoms with Gasteiger partial charge in [-0.15, -0.1) is 0 Å². The number of nitrogens with two attached hydrogens (primary N) is 1. The van der Waals surface area contributed by atoms with E-state index in [1.54, 1.807) is 12.1 Å². The third-order valence-electron chi connectivity index (χ3n) is 5.08. The number of carbonyl (C=O) groups excluding carboxylic acids is 1. The number of amides is 1. The van der Waals surface area contributed by atoms with Crippen LogP contribution in [0.15, 0.2) is 48.5 Å². The number of nitrogen functional groups attached to an aromatic ring is 1. The van der Waals surface area contributed by atoms with Gasteiger partial charge in [0, 0.05) is 5.69 Å². The van der Waals surface area contributed by atoms with Gasteiger partial charge in [-0.1, -0.05) is 55.7 Å². The third kappa shape index (κ3) is 4.04. The molecular formula is C21H24N2O3. The fourth-order valence-corrected chi connectivity index (χ4v) is 3.65. The van der Waals surface area contributed by atoms with Crippen LogP contribution in [0.2, 0.25) is 0 Å². The van der Waals surface area contributed by atoms with Gasteiger partial charge in [-0.25, -0.2) is 4.79 Å². The van der Waals surface area contributed by atoms with Crippen molar-refractivity contribution in [1.82, 2.24) is 5.32 Å². The van der Waals surface area contributed by atoms with E-state index in [1.165, 1.54) is 0 Å². The molecule has 1 saturated carbocycles. The highest BCUT2D eigenvalue weighted by Gasteiger charge is 2.31. The molecule has 1 fully saturated rings. The molecule has 1 unspecified atom stereocenters. The van der Waals surface area contributed by atoms with Gasteiger partial charge >= 0.3 is 5.97 Å². The van der Waals surface area contributed by atoms with E-state index >= 15 is 0 Å². The molecular weight excluding hydrogens is 328 g/mol. The molecule has 136 valence electrons. The van der Waals surface area contributed by atoms with Crippen LogP contribution in [0.25, 0.3) is 11.1 Å². The minimum atomic E-state index is -0.982. The number of rotatable bonds is 5. The van der Waals surface area contributed by atoms with Crippen LogP contribution < -0.4 is 11.1 Å². The first kappa shape index (κ1) is 18.0. The molecule has 26 heavy (non-hydrogen) atoms. The van der Waals surface area contributed by atoms with Crippen LogP contribution in [0.4, 0.5) is 5.69 Å². The molecule has 5 nitrogen and oxygen atoms in total. The van der Waals surface area contributed by atoms with Crippen LogP contribution in [0, 0.1) is 5.92 Å². The second-order valence-electron chi connectivity index (χ2n) is 6.86. The molecule has 2 aromatic rings.